The first kappa shape index (κ1) is 16.5. The lowest BCUT2D eigenvalue weighted by Gasteiger charge is -2.10. The van der Waals surface area contributed by atoms with Gasteiger partial charge in [0, 0.05) is 29.6 Å². The summed E-state index contributed by atoms with van der Waals surface area (Å²) in [6, 6.07) is 16.6. The van der Waals surface area contributed by atoms with Crippen molar-refractivity contribution in [1.82, 2.24) is 9.55 Å². The lowest BCUT2D eigenvalue weighted by Crippen LogP contribution is -2.03. The zero-order chi connectivity index (χ0) is 18.1. The molecule has 0 saturated heterocycles. The van der Waals surface area contributed by atoms with Gasteiger partial charge in [0.05, 0.1) is 30.9 Å². The molecule has 2 aromatic carbocycles. The van der Waals surface area contributed by atoms with Crippen molar-refractivity contribution in [2.24, 2.45) is 0 Å². The van der Waals surface area contributed by atoms with Gasteiger partial charge in [-0.3, -0.25) is 4.98 Å². The van der Waals surface area contributed by atoms with Gasteiger partial charge in [0.2, 0.25) is 0 Å². The molecule has 4 nitrogen and oxygen atoms in total. The van der Waals surface area contributed by atoms with E-state index in [2.05, 4.69) is 46.8 Å². The highest BCUT2D eigenvalue weighted by Crippen LogP contribution is 2.32. The summed E-state index contributed by atoms with van der Waals surface area (Å²) >= 11 is 0. The first-order valence-corrected chi connectivity index (χ1v) is 8.75. The van der Waals surface area contributed by atoms with E-state index in [1.807, 2.05) is 24.4 Å². The molecule has 4 rings (SSSR count). The summed E-state index contributed by atoms with van der Waals surface area (Å²) in [4.78, 5) is 4.51. The van der Waals surface area contributed by atoms with Gasteiger partial charge in [0.1, 0.15) is 11.5 Å². The number of rotatable bonds is 5. The van der Waals surface area contributed by atoms with Crippen molar-refractivity contribution in [3.05, 3.63) is 66.0 Å². The van der Waals surface area contributed by atoms with Crippen molar-refractivity contribution in [2.75, 3.05) is 14.2 Å². The molecular weight excluding hydrogens is 324 g/mol. The molecule has 0 aliphatic rings. The Morgan fingerprint density at radius 3 is 2.35 bits per heavy atom. The quantitative estimate of drug-likeness (QED) is 0.523. The fourth-order valence-electron chi connectivity index (χ4n) is 3.59. The maximum atomic E-state index is 5.45. The van der Waals surface area contributed by atoms with Crippen LogP contribution in [0.25, 0.3) is 21.8 Å². The van der Waals surface area contributed by atoms with Crippen LogP contribution in [0.2, 0.25) is 0 Å². The molecule has 2 aromatic heterocycles. The van der Waals surface area contributed by atoms with Crippen LogP contribution in [0, 0.1) is 6.92 Å². The summed E-state index contributed by atoms with van der Waals surface area (Å²) in [5.41, 5.74) is 4.71. The van der Waals surface area contributed by atoms with Crippen molar-refractivity contribution in [2.45, 2.75) is 19.9 Å². The van der Waals surface area contributed by atoms with Gasteiger partial charge in [0.15, 0.2) is 0 Å². The van der Waals surface area contributed by atoms with Crippen molar-refractivity contribution < 1.29 is 9.47 Å². The molecule has 0 bridgehead atoms. The average Bonchev–Trinajstić information content (AvgIpc) is 3.01. The zero-order valence-corrected chi connectivity index (χ0v) is 15.3. The number of hydrogen-bond acceptors (Lipinski definition) is 3. The first-order valence-electron chi connectivity index (χ1n) is 8.75. The number of benzene rings is 2. The van der Waals surface area contributed by atoms with Gasteiger partial charge in [-0.05, 0) is 49.2 Å². The third-order valence-corrected chi connectivity index (χ3v) is 4.95. The van der Waals surface area contributed by atoms with Crippen LogP contribution >= 0.6 is 0 Å². The van der Waals surface area contributed by atoms with Crippen LogP contribution in [0.4, 0.5) is 0 Å². The minimum Gasteiger partial charge on any atom is -0.497 e. The SMILES string of the molecule is COc1ccc(CCn2c3cc(OC)ccc3c3ccnc(C)c32)cc1. The smallest absolute Gasteiger partial charge is 0.120 e. The molecule has 0 aliphatic carbocycles. The van der Waals surface area contributed by atoms with Gasteiger partial charge in [0.25, 0.3) is 0 Å². The zero-order valence-electron chi connectivity index (χ0n) is 15.3. The molecule has 0 unspecified atom stereocenters. The molecule has 132 valence electrons. The monoisotopic (exact) mass is 346 g/mol. The van der Waals surface area contributed by atoms with Crippen LogP contribution in [-0.2, 0) is 13.0 Å². The minimum absolute atomic E-state index is 0.872. The Bertz CT molecular complexity index is 1070. The van der Waals surface area contributed by atoms with Crippen molar-refractivity contribution in [1.29, 1.82) is 0 Å². The first-order chi connectivity index (χ1) is 12.7. The van der Waals surface area contributed by atoms with Crippen molar-refractivity contribution >= 4 is 21.8 Å². The fraction of sp³-hybridized carbons (Fsp3) is 0.227. The van der Waals surface area contributed by atoms with Gasteiger partial charge in [-0.15, -0.1) is 0 Å². The second kappa shape index (κ2) is 6.71. The molecule has 0 atom stereocenters. The molecule has 0 radical (unpaired) electrons. The Balaban J connectivity index is 1.80. The number of fused-ring (bicyclic) bond motifs is 3. The van der Waals surface area contributed by atoms with Gasteiger partial charge >= 0.3 is 0 Å². The number of nitrogens with zero attached hydrogens (tertiary/aromatic N) is 2. The van der Waals surface area contributed by atoms with E-state index in [1.54, 1.807) is 14.2 Å². The van der Waals surface area contributed by atoms with Crippen LogP contribution in [-0.4, -0.2) is 23.8 Å². The Morgan fingerprint density at radius 2 is 1.62 bits per heavy atom. The largest absolute Gasteiger partial charge is 0.497 e. The number of hydrogen-bond donors (Lipinski definition) is 0. The predicted octanol–water partition coefficient (Wildman–Crippen LogP) is 4.76. The van der Waals surface area contributed by atoms with E-state index in [-0.39, 0.29) is 0 Å². The van der Waals surface area contributed by atoms with E-state index in [9.17, 15) is 0 Å². The van der Waals surface area contributed by atoms with Crippen molar-refractivity contribution in [3.8, 4) is 11.5 Å². The summed E-state index contributed by atoms with van der Waals surface area (Å²) in [5.74, 6) is 1.76. The summed E-state index contributed by atoms with van der Waals surface area (Å²) in [7, 11) is 3.40. The molecule has 0 saturated carbocycles. The van der Waals surface area contributed by atoms with E-state index in [4.69, 9.17) is 9.47 Å². The summed E-state index contributed by atoms with van der Waals surface area (Å²) in [5, 5.41) is 2.48. The van der Waals surface area contributed by atoms with E-state index in [0.29, 0.717) is 0 Å². The summed E-state index contributed by atoms with van der Waals surface area (Å²) < 4.78 is 13.1. The molecule has 0 spiro atoms. The molecule has 4 aromatic rings. The van der Waals surface area contributed by atoms with Crippen LogP contribution < -0.4 is 9.47 Å². The Kier molecular flexibility index (Phi) is 4.25. The standard InChI is InChI=1S/C22H22N2O2/c1-15-22-20(10-12-23-15)19-9-8-18(26-3)14-21(19)24(22)13-11-16-4-6-17(25-2)7-5-16/h4-10,12,14H,11,13H2,1-3H3. The highest BCUT2D eigenvalue weighted by molar-refractivity contribution is 6.09. The van der Waals surface area contributed by atoms with E-state index in [0.717, 1.165) is 30.2 Å². The molecule has 4 heteroatoms. The van der Waals surface area contributed by atoms with Gasteiger partial charge in [-0.25, -0.2) is 0 Å². The molecule has 0 N–H and O–H groups in total. The molecular formula is C22H22N2O2. The van der Waals surface area contributed by atoms with Crippen LogP contribution in [0.5, 0.6) is 11.5 Å². The minimum atomic E-state index is 0.872. The van der Waals surface area contributed by atoms with E-state index >= 15 is 0 Å². The van der Waals surface area contributed by atoms with Crippen LogP contribution in [0.3, 0.4) is 0 Å². The number of pyridine rings is 1. The third kappa shape index (κ3) is 2.77. The highest BCUT2D eigenvalue weighted by Gasteiger charge is 2.14. The average molecular weight is 346 g/mol. The van der Waals surface area contributed by atoms with Gasteiger partial charge < -0.3 is 14.0 Å². The maximum absolute atomic E-state index is 5.45. The highest BCUT2D eigenvalue weighted by atomic mass is 16.5. The normalized spacial score (nSPS) is 11.2. The third-order valence-electron chi connectivity index (χ3n) is 4.95. The molecule has 0 amide bonds. The number of methoxy groups -OCH3 is 2. The van der Waals surface area contributed by atoms with Gasteiger partial charge in [-0.1, -0.05) is 12.1 Å². The van der Waals surface area contributed by atoms with Gasteiger partial charge in [-0.2, -0.15) is 0 Å². The fourth-order valence-corrected chi connectivity index (χ4v) is 3.59. The van der Waals surface area contributed by atoms with Crippen molar-refractivity contribution in [3.63, 3.8) is 0 Å². The topological polar surface area (TPSA) is 36.3 Å². The Hall–Kier alpha value is -3.01. The van der Waals surface area contributed by atoms with Crippen LogP contribution in [0.1, 0.15) is 11.3 Å². The number of ether oxygens (including phenoxy) is 2. The Labute approximate surface area is 153 Å². The maximum Gasteiger partial charge on any atom is 0.120 e. The van der Waals surface area contributed by atoms with E-state index in [1.165, 1.54) is 27.4 Å². The lowest BCUT2D eigenvalue weighted by atomic mass is 10.1. The van der Waals surface area contributed by atoms with Crippen LogP contribution in [0.15, 0.2) is 54.7 Å². The second-order valence-electron chi connectivity index (χ2n) is 6.43. The molecule has 0 fully saturated rings. The summed E-state index contributed by atoms with van der Waals surface area (Å²) in [6.45, 7) is 2.95. The number of aryl methyl sites for hydroxylation is 3. The predicted molar refractivity (Wildman–Crippen MR) is 105 cm³/mol. The molecule has 2 heterocycles. The second-order valence-corrected chi connectivity index (χ2v) is 6.43. The number of aromatic nitrogens is 2. The van der Waals surface area contributed by atoms with E-state index < -0.39 is 0 Å². The summed E-state index contributed by atoms with van der Waals surface area (Å²) in [6.07, 6.45) is 2.82. The lowest BCUT2D eigenvalue weighted by molar-refractivity contribution is 0.414. The molecule has 0 aliphatic heterocycles. The molecule has 26 heavy (non-hydrogen) atoms. The Morgan fingerprint density at radius 1 is 0.885 bits per heavy atom.